The van der Waals surface area contributed by atoms with Gasteiger partial charge in [0.25, 0.3) is 5.91 Å². The summed E-state index contributed by atoms with van der Waals surface area (Å²) < 4.78 is 67.8. The molecule has 0 radical (unpaired) electrons. The molecule has 0 saturated heterocycles. The number of carbonyl (C=O) groups excluding carboxylic acids is 2. The fourth-order valence-electron chi connectivity index (χ4n) is 2.41. The van der Waals surface area contributed by atoms with E-state index in [0.717, 1.165) is 12.1 Å². The van der Waals surface area contributed by atoms with E-state index < -0.39 is 46.6 Å². The summed E-state index contributed by atoms with van der Waals surface area (Å²) in [6, 6.07) is 4.88. The van der Waals surface area contributed by atoms with Gasteiger partial charge in [0.1, 0.15) is 17.2 Å². The minimum atomic E-state index is -1.82. The van der Waals surface area contributed by atoms with Crippen LogP contribution in [-0.2, 0) is 9.59 Å². The highest BCUT2D eigenvalue weighted by molar-refractivity contribution is 6.44. The maximum atomic E-state index is 13.9. The lowest BCUT2D eigenvalue weighted by Crippen LogP contribution is -2.37. The van der Waals surface area contributed by atoms with Gasteiger partial charge in [0, 0.05) is 24.6 Å². The van der Waals surface area contributed by atoms with E-state index in [1.807, 2.05) is 0 Å². The number of amides is 2. The van der Waals surface area contributed by atoms with Gasteiger partial charge in [-0.25, -0.2) is 22.0 Å². The van der Waals surface area contributed by atoms with Crippen LogP contribution in [0.3, 0.4) is 0 Å². The van der Waals surface area contributed by atoms with Crippen molar-refractivity contribution in [1.29, 1.82) is 0 Å². The predicted octanol–water partition coefficient (Wildman–Crippen LogP) is 3.50. The van der Waals surface area contributed by atoms with Crippen LogP contribution in [0.25, 0.3) is 0 Å². The lowest BCUT2D eigenvalue weighted by Gasteiger charge is -2.24. The Morgan fingerprint density at radius 3 is 2.30 bits per heavy atom. The zero-order chi connectivity index (χ0) is 19.7. The molecule has 0 bridgehead atoms. The van der Waals surface area contributed by atoms with Crippen molar-refractivity contribution in [3.05, 3.63) is 59.4 Å². The second-order valence-electron chi connectivity index (χ2n) is 5.53. The third-order valence-corrected chi connectivity index (χ3v) is 3.68. The quantitative estimate of drug-likeness (QED) is 0.652. The topological polar surface area (TPSA) is 61.8 Å². The van der Waals surface area contributed by atoms with Crippen molar-refractivity contribution in [3.63, 3.8) is 0 Å². The summed E-state index contributed by atoms with van der Waals surface area (Å²) in [5, 5.41) is 5.96. The Bertz CT molecular complexity index is 951. The molecule has 0 aromatic heterocycles. The number of benzene rings is 2. The Morgan fingerprint density at radius 1 is 1.00 bits per heavy atom. The van der Waals surface area contributed by atoms with E-state index in [-0.39, 0.29) is 35.3 Å². The van der Waals surface area contributed by atoms with Gasteiger partial charge in [-0.3, -0.25) is 9.59 Å². The maximum Gasteiger partial charge on any atom is 0.271 e. The highest BCUT2D eigenvalue weighted by Crippen LogP contribution is 2.30. The molecule has 0 saturated carbocycles. The summed E-state index contributed by atoms with van der Waals surface area (Å²) in [4.78, 5) is 24.2. The zero-order valence-corrected chi connectivity index (χ0v) is 13.4. The number of hydrazone groups is 1. The van der Waals surface area contributed by atoms with Crippen molar-refractivity contribution in [3.8, 4) is 0 Å². The molecule has 0 aliphatic carbocycles. The van der Waals surface area contributed by atoms with Gasteiger partial charge in [0.05, 0.1) is 0 Å². The number of nitrogens with zero attached hydrogens (tertiary/aromatic N) is 2. The average molecular weight is 383 g/mol. The molecule has 2 aromatic carbocycles. The van der Waals surface area contributed by atoms with Crippen LogP contribution >= 0.6 is 0 Å². The van der Waals surface area contributed by atoms with E-state index >= 15 is 0 Å². The largest absolute Gasteiger partial charge is 0.321 e. The molecule has 0 spiro atoms. The summed E-state index contributed by atoms with van der Waals surface area (Å²) >= 11 is 0. The summed E-state index contributed by atoms with van der Waals surface area (Å²) in [5.74, 6) is -9.52. The normalized spacial score (nSPS) is 14.2. The highest BCUT2D eigenvalue weighted by Gasteiger charge is 2.32. The highest BCUT2D eigenvalue weighted by atomic mass is 19.2. The van der Waals surface area contributed by atoms with Gasteiger partial charge in [-0.15, -0.1) is 0 Å². The Labute approximate surface area is 149 Å². The van der Waals surface area contributed by atoms with Gasteiger partial charge in [0.15, 0.2) is 23.3 Å². The molecule has 140 valence electrons. The Morgan fingerprint density at radius 2 is 1.67 bits per heavy atom. The smallest absolute Gasteiger partial charge is 0.271 e. The van der Waals surface area contributed by atoms with Crippen LogP contribution in [0.4, 0.5) is 33.3 Å². The number of nitrogens with one attached hydrogen (secondary N) is 1. The van der Waals surface area contributed by atoms with Crippen molar-refractivity contribution in [2.24, 2.45) is 5.10 Å². The molecule has 5 nitrogen and oxygen atoms in total. The van der Waals surface area contributed by atoms with Gasteiger partial charge in [0.2, 0.25) is 5.91 Å². The number of carbonyl (C=O) groups is 2. The Kier molecular flexibility index (Phi) is 4.89. The summed E-state index contributed by atoms with van der Waals surface area (Å²) in [6.07, 6.45) is -0.566. The molecule has 2 aromatic rings. The van der Waals surface area contributed by atoms with Crippen LogP contribution in [0.1, 0.15) is 12.8 Å². The van der Waals surface area contributed by atoms with Gasteiger partial charge in [-0.1, -0.05) is 6.07 Å². The first-order valence-corrected chi connectivity index (χ1v) is 7.58. The van der Waals surface area contributed by atoms with E-state index in [1.54, 1.807) is 0 Å². The number of anilines is 2. The first-order chi connectivity index (χ1) is 12.8. The number of halogens is 5. The van der Waals surface area contributed by atoms with Crippen LogP contribution in [0.5, 0.6) is 0 Å². The Hall–Kier alpha value is -3.30. The van der Waals surface area contributed by atoms with E-state index in [9.17, 15) is 31.5 Å². The third kappa shape index (κ3) is 3.64. The third-order valence-electron chi connectivity index (χ3n) is 3.68. The lowest BCUT2D eigenvalue weighted by molar-refractivity contribution is -0.118. The molecule has 1 aliphatic rings. The van der Waals surface area contributed by atoms with Crippen molar-refractivity contribution in [2.75, 3.05) is 10.3 Å². The maximum absolute atomic E-state index is 13.9. The first kappa shape index (κ1) is 18.5. The van der Waals surface area contributed by atoms with Crippen LogP contribution in [0.15, 0.2) is 35.4 Å². The van der Waals surface area contributed by atoms with Crippen LogP contribution in [-0.4, -0.2) is 17.5 Å². The predicted molar refractivity (Wildman–Crippen MR) is 85.5 cm³/mol. The van der Waals surface area contributed by atoms with Crippen molar-refractivity contribution < 1.29 is 31.5 Å². The molecule has 1 heterocycles. The molecule has 3 rings (SSSR count). The summed E-state index contributed by atoms with van der Waals surface area (Å²) in [7, 11) is 0. The van der Waals surface area contributed by atoms with Crippen LogP contribution in [0, 0.1) is 29.1 Å². The monoisotopic (exact) mass is 383 g/mol. The molecule has 2 amide bonds. The van der Waals surface area contributed by atoms with Crippen molar-refractivity contribution in [1.82, 2.24) is 0 Å². The van der Waals surface area contributed by atoms with E-state index in [2.05, 4.69) is 10.4 Å². The van der Waals surface area contributed by atoms with Crippen molar-refractivity contribution in [2.45, 2.75) is 12.8 Å². The molecule has 0 fully saturated rings. The van der Waals surface area contributed by atoms with Crippen molar-refractivity contribution >= 4 is 28.9 Å². The molecule has 10 heteroatoms. The minimum Gasteiger partial charge on any atom is -0.321 e. The second kappa shape index (κ2) is 7.14. The van der Waals surface area contributed by atoms with Gasteiger partial charge in [-0.05, 0) is 18.2 Å². The van der Waals surface area contributed by atoms with E-state index in [4.69, 9.17) is 0 Å². The van der Waals surface area contributed by atoms with Gasteiger partial charge < -0.3 is 5.32 Å². The molecule has 1 aliphatic heterocycles. The summed E-state index contributed by atoms with van der Waals surface area (Å²) in [6.45, 7) is 0. The second-order valence-corrected chi connectivity index (χ2v) is 5.53. The molecule has 27 heavy (non-hydrogen) atoms. The number of hydrogen-bond acceptors (Lipinski definition) is 3. The van der Waals surface area contributed by atoms with Gasteiger partial charge in [-0.2, -0.15) is 10.1 Å². The fourth-order valence-corrected chi connectivity index (χ4v) is 2.41. The summed E-state index contributed by atoms with van der Waals surface area (Å²) in [5.41, 5.74) is -1.60. The first-order valence-electron chi connectivity index (χ1n) is 7.58. The molecular formula is C17H10F5N3O2. The van der Waals surface area contributed by atoms with E-state index in [0.29, 0.717) is 0 Å². The van der Waals surface area contributed by atoms with Crippen LogP contribution in [0.2, 0.25) is 0 Å². The fraction of sp³-hybridized carbons (Fsp3) is 0.118. The molecule has 1 N–H and O–H groups in total. The van der Waals surface area contributed by atoms with Crippen LogP contribution < -0.4 is 10.3 Å². The number of hydrogen-bond donors (Lipinski definition) is 1. The van der Waals surface area contributed by atoms with E-state index in [1.165, 1.54) is 12.1 Å². The standard InChI is InChI=1S/C17H10F5N3O2/c18-8-2-1-3-9(6-8)23-17(27)12-4-5-13(26)25(24-12)16-14(21)10(19)7-11(20)15(16)22/h1-3,6-7H,4-5H2,(H,23,27). The molecule has 0 atom stereocenters. The SMILES string of the molecule is O=C(Nc1cccc(F)c1)C1=NN(c2c(F)c(F)cc(F)c2F)C(=O)CC1. The number of rotatable bonds is 3. The minimum absolute atomic E-state index is 0.0100. The molecular weight excluding hydrogens is 373 g/mol. The lowest BCUT2D eigenvalue weighted by atomic mass is 10.1. The van der Waals surface area contributed by atoms with Gasteiger partial charge >= 0.3 is 0 Å². The zero-order valence-electron chi connectivity index (χ0n) is 13.4. The average Bonchev–Trinajstić information content (AvgIpc) is 2.61. The Balaban J connectivity index is 1.96. The molecule has 0 unspecified atom stereocenters.